The minimum absolute atomic E-state index is 0.0144. The Balaban J connectivity index is 2.85. The van der Waals surface area contributed by atoms with Crippen LogP contribution in [0, 0.1) is 0 Å². The maximum Gasteiger partial charge on any atom is 0.341 e. The van der Waals surface area contributed by atoms with Gasteiger partial charge in [-0.1, -0.05) is 0 Å². The van der Waals surface area contributed by atoms with Gasteiger partial charge >= 0.3 is 5.97 Å². The largest absolute Gasteiger partial charge is 0.508 e. The molecule has 0 bridgehead atoms. The van der Waals surface area contributed by atoms with Gasteiger partial charge in [0.2, 0.25) is 0 Å². The molecule has 0 saturated carbocycles. The lowest BCUT2D eigenvalue weighted by atomic mass is 10.2. The number of hydrogen-bond donors (Lipinski definition) is 1. The van der Waals surface area contributed by atoms with Crippen molar-refractivity contribution in [3.63, 3.8) is 0 Å². The van der Waals surface area contributed by atoms with Gasteiger partial charge in [-0.3, -0.25) is 0 Å². The van der Waals surface area contributed by atoms with Gasteiger partial charge in [0.05, 0.1) is 13.7 Å². The van der Waals surface area contributed by atoms with E-state index in [9.17, 15) is 9.90 Å². The van der Waals surface area contributed by atoms with Crippen LogP contribution in [0.1, 0.15) is 10.4 Å². The molecule has 16 heavy (non-hydrogen) atoms. The van der Waals surface area contributed by atoms with Crippen LogP contribution in [0.2, 0.25) is 0 Å². The van der Waals surface area contributed by atoms with E-state index >= 15 is 0 Å². The van der Waals surface area contributed by atoms with Crippen LogP contribution in [0.5, 0.6) is 11.5 Å². The predicted octanol–water partition coefficient (Wildman–Crippen LogP) is 1.20. The van der Waals surface area contributed by atoms with Gasteiger partial charge in [-0.05, 0) is 18.2 Å². The minimum Gasteiger partial charge on any atom is -0.508 e. The lowest BCUT2D eigenvalue weighted by molar-refractivity contribution is 0.0593. The van der Waals surface area contributed by atoms with Crippen LogP contribution in [0.25, 0.3) is 0 Å². The molecular weight excluding hydrogens is 212 g/mol. The molecule has 5 heteroatoms. The third kappa shape index (κ3) is 3.13. The Bertz CT molecular complexity index is 361. The molecular formula is C11H14O5. The highest BCUT2D eigenvalue weighted by molar-refractivity contribution is 5.92. The summed E-state index contributed by atoms with van der Waals surface area (Å²) in [5.41, 5.74) is 0.193. The zero-order valence-corrected chi connectivity index (χ0v) is 9.23. The number of benzene rings is 1. The molecule has 0 aromatic heterocycles. The van der Waals surface area contributed by atoms with E-state index in [1.165, 1.54) is 25.3 Å². The van der Waals surface area contributed by atoms with Crippen LogP contribution in [0.15, 0.2) is 18.2 Å². The number of carbonyl (C=O) groups is 1. The molecule has 1 aromatic rings. The first-order valence-corrected chi connectivity index (χ1v) is 4.72. The van der Waals surface area contributed by atoms with Crippen molar-refractivity contribution in [3.05, 3.63) is 23.8 Å². The van der Waals surface area contributed by atoms with Crippen LogP contribution < -0.4 is 4.74 Å². The van der Waals surface area contributed by atoms with Gasteiger partial charge in [-0.25, -0.2) is 4.79 Å². The average Bonchev–Trinajstić information content (AvgIpc) is 2.30. The highest BCUT2D eigenvalue weighted by Crippen LogP contribution is 2.24. The summed E-state index contributed by atoms with van der Waals surface area (Å²) in [5, 5.41) is 9.27. The van der Waals surface area contributed by atoms with Crippen LogP contribution >= 0.6 is 0 Å². The first-order chi connectivity index (χ1) is 7.69. The first kappa shape index (κ1) is 12.3. The first-order valence-electron chi connectivity index (χ1n) is 4.72. The van der Waals surface area contributed by atoms with E-state index < -0.39 is 5.97 Å². The predicted molar refractivity (Wildman–Crippen MR) is 56.8 cm³/mol. The summed E-state index contributed by atoms with van der Waals surface area (Å²) in [4.78, 5) is 11.4. The lowest BCUT2D eigenvalue weighted by Gasteiger charge is -2.09. The summed E-state index contributed by atoms with van der Waals surface area (Å²) in [6, 6.07) is 4.25. The summed E-state index contributed by atoms with van der Waals surface area (Å²) < 4.78 is 14.7. The topological polar surface area (TPSA) is 65.0 Å². The minimum atomic E-state index is -0.552. The third-order valence-corrected chi connectivity index (χ3v) is 1.91. The molecule has 0 spiro atoms. The SMILES string of the molecule is COCCOc1ccc(O)cc1C(=O)OC. The molecule has 0 radical (unpaired) electrons. The molecule has 0 unspecified atom stereocenters. The molecule has 0 saturated heterocycles. The summed E-state index contributed by atoms with van der Waals surface area (Å²) in [5.74, 6) is -0.204. The van der Waals surface area contributed by atoms with Crippen molar-refractivity contribution in [1.29, 1.82) is 0 Å². The maximum atomic E-state index is 11.4. The van der Waals surface area contributed by atoms with Crippen molar-refractivity contribution in [2.45, 2.75) is 0 Å². The highest BCUT2D eigenvalue weighted by atomic mass is 16.5. The van der Waals surface area contributed by atoms with Crippen LogP contribution in [0.3, 0.4) is 0 Å². The monoisotopic (exact) mass is 226 g/mol. The second-order valence-corrected chi connectivity index (χ2v) is 3.01. The number of aromatic hydroxyl groups is 1. The van der Waals surface area contributed by atoms with Gasteiger partial charge in [-0.15, -0.1) is 0 Å². The molecule has 5 nitrogen and oxygen atoms in total. The molecule has 1 rings (SSSR count). The number of methoxy groups -OCH3 is 2. The Morgan fingerprint density at radius 3 is 2.69 bits per heavy atom. The molecule has 0 atom stereocenters. The smallest absolute Gasteiger partial charge is 0.341 e. The second kappa shape index (κ2) is 5.97. The van der Waals surface area contributed by atoms with Crippen molar-refractivity contribution in [2.75, 3.05) is 27.4 Å². The fourth-order valence-electron chi connectivity index (χ4n) is 1.15. The molecule has 0 amide bonds. The zero-order chi connectivity index (χ0) is 12.0. The number of esters is 1. The fraction of sp³-hybridized carbons (Fsp3) is 0.364. The number of rotatable bonds is 5. The number of phenols is 1. The molecule has 88 valence electrons. The second-order valence-electron chi connectivity index (χ2n) is 3.01. The molecule has 0 heterocycles. The molecule has 1 aromatic carbocycles. The zero-order valence-electron chi connectivity index (χ0n) is 9.23. The third-order valence-electron chi connectivity index (χ3n) is 1.91. The van der Waals surface area contributed by atoms with E-state index in [-0.39, 0.29) is 11.3 Å². The normalized spacial score (nSPS) is 9.88. The maximum absolute atomic E-state index is 11.4. The van der Waals surface area contributed by atoms with Gasteiger partial charge in [-0.2, -0.15) is 0 Å². The summed E-state index contributed by atoms with van der Waals surface area (Å²) >= 11 is 0. The van der Waals surface area contributed by atoms with Crippen molar-refractivity contribution >= 4 is 5.97 Å². The molecule has 0 fully saturated rings. The van der Waals surface area contributed by atoms with E-state index in [0.717, 1.165) is 0 Å². The quantitative estimate of drug-likeness (QED) is 0.603. The van der Waals surface area contributed by atoms with E-state index in [2.05, 4.69) is 4.74 Å². The highest BCUT2D eigenvalue weighted by Gasteiger charge is 2.13. The standard InChI is InChI=1S/C11H14O5/c1-14-5-6-16-10-4-3-8(12)7-9(10)11(13)15-2/h3-4,7,12H,5-6H2,1-2H3. The Morgan fingerprint density at radius 2 is 2.06 bits per heavy atom. The van der Waals surface area contributed by atoms with Gasteiger partial charge in [0.25, 0.3) is 0 Å². The van der Waals surface area contributed by atoms with Gasteiger partial charge in [0.1, 0.15) is 23.7 Å². The summed E-state index contributed by atoms with van der Waals surface area (Å²) in [6.45, 7) is 0.743. The summed E-state index contributed by atoms with van der Waals surface area (Å²) in [6.07, 6.45) is 0. The molecule has 0 aliphatic rings. The molecule has 1 N–H and O–H groups in total. The van der Waals surface area contributed by atoms with Crippen LogP contribution in [-0.4, -0.2) is 38.5 Å². The molecule has 0 aliphatic carbocycles. The van der Waals surface area contributed by atoms with E-state index in [1.807, 2.05) is 0 Å². The van der Waals surface area contributed by atoms with Gasteiger partial charge in [0, 0.05) is 7.11 Å². The Morgan fingerprint density at radius 1 is 1.31 bits per heavy atom. The van der Waals surface area contributed by atoms with Gasteiger partial charge in [0.15, 0.2) is 0 Å². The number of carbonyl (C=O) groups excluding carboxylic acids is 1. The van der Waals surface area contributed by atoms with E-state index in [4.69, 9.17) is 9.47 Å². The summed E-state index contributed by atoms with van der Waals surface area (Å²) in [7, 11) is 2.83. The number of hydrogen-bond acceptors (Lipinski definition) is 5. The van der Waals surface area contributed by atoms with E-state index in [1.54, 1.807) is 7.11 Å². The number of ether oxygens (including phenoxy) is 3. The lowest BCUT2D eigenvalue weighted by Crippen LogP contribution is -2.09. The number of phenolic OH excluding ortho intramolecular Hbond substituents is 1. The molecule has 0 aliphatic heterocycles. The Hall–Kier alpha value is -1.75. The Kier molecular flexibility index (Phi) is 4.60. The van der Waals surface area contributed by atoms with E-state index in [0.29, 0.717) is 19.0 Å². The van der Waals surface area contributed by atoms with Crippen molar-refractivity contribution in [2.24, 2.45) is 0 Å². The fourth-order valence-corrected chi connectivity index (χ4v) is 1.15. The van der Waals surface area contributed by atoms with Crippen LogP contribution in [0.4, 0.5) is 0 Å². The van der Waals surface area contributed by atoms with Crippen molar-refractivity contribution in [3.8, 4) is 11.5 Å². The van der Waals surface area contributed by atoms with Crippen LogP contribution in [-0.2, 0) is 9.47 Å². The van der Waals surface area contributed by atoms with Gasteiger partial charge < -0.3 is 19.3 Å². The van der Waals surface area contributed by atoms with Crippen molar-refractivity contribution in [1.82, 2.24) is 0 Å². The average molecular weight is 226 g/mol. The van der Waals surface area contributed by atoms with Crippen molar-refractivity contribution < 1.29 is 24.1 Å². The Labute approximate surface area is 93.6 Å².